The van der Waals surface area contributed by atoms with Crippen molar-refractivity contribution in [2.45, 2.75) is 32.6 Å². The summed E-state index contributed by atoms with van der Waals surface area (Å²) in [6.45, 7) is 5.93. The van der Waals surface area contributed by atoms with E-state index in [1.54, 1.807) is 6.92 Å². The Bertz CT molecular complexity index is 328. The first kappa shape index (κ1) is 11.8. The number of carboxylic acid groups (broad SMARTS) is 1. The predicted molar refractivity (Wildman–Crippen MR) is 60.9 cm³/mol. The van der Waals surface area contributed by atoms with Gasteiger partial charge in [-0.1, -0.05) is 51.1 Å². The molecular weight excluding hydrogens is 188 g/mol. The number of benzene rings is 1. The quantitative estimate of drug-likeness (QED) is 0.822. The molecule has 0 bridgehead atoms. The zero-order chi connectivity index (χ0) is 11.5. The molecule has 2 heteroatoms. The van der Waals surface area contributed by atoms with E-state index in [9.17, 15) is 4.79 Å². The lowest BCUT2D eigenvalue weighted by Crippen LogP contribution is -2.24. The van der Waals surface area contributed by atoms with E-state index in [0.29, 0.717) is 6.42 Å². The lowest BCUT2D eigenvalue weighted by Gasteiger charge is -2.27. The Balaban J connectivity index is 2.80. The molecule has 15 heavy (non-hydrogen) atoms. The van der Waals surface area contributed by atoms with E-state index in [1.807, 2.05) is 18.2 Å². The molecule has 1 N–H and O–H groups in total. The van der Waals surface area contributed by atoms with E-state index < -0.39 is 5.97 Å². The largest absolute Gasteiger partial charge is 0.481 e. The lowest BCUT2D eigenvalue weighted by atomic mass is 9.77. The monoisotopic (exact) mass is 206 g/mol. The normalized spacial score (nSPS) is 13.5. The van der Waals surface area contributed by atoms with Crippen LogP contribution in [0.5, 0.6) is 0 Å². The van der Waals surface area contributed by atoms with Gasteiger partial charge in [0.2, 0.25) is 0 Å². The highest BCUT2D eigenvalue weighted by atomic mass is 16.4. The summed E-state index contributed by atoms with van der Waals surface area (Å²) < 4.78 is 0. The highest BCUT2D eigenvalue weighted by Gasteiger charge is 2.26. The predicted octanol–water partition coefficient (Wildman–Crippen LogP) is 3.08. The van der Waals surface area contributed by atoms with Crippen molar-refractivity contribution >= 4 is 5.97 Å². The van der Waals surface area contributed by atoms with Gasteiger partial charge in [-0.05, 0) is 17.4 Å². The van der Waals surface area contributed by atoms with Gasteiger partial charge in [0.05, 0.1) is 5.92 Å². The number of rotatable bonds is 4. The molecule has 0 heterocycles. The van der Waals surface area contributed by atoms with Gasteiger partial charge in [-0.2, -0.15) is 0 Å². The van der Waals surface area contributed by atoms with Crippen LogP contribution in [-0.4, -0.2) is 11.1 Å². The Hall–Kier alpha value is -1.31. The Morgan fingerprint density at radius 1 is 1.33 bits per heavy atom. The summed E-state index contributed by atoms with van der Waals surface area (Å²) in [5.41, 5.74) is 1.11. The third-order valence-corrected chi connectivity index (χ3v) is 2.79. The van der Waals surface area contributed by atoms with Crippen molar-refractivity contribution < 1.29 is 9.90 Å². The summed E-state index contributed by atoms with van der Waals surface area (Å²) in [7, 11) is 0. The van der Waals surface area contributed by atoms with Crippen LogP contribution in [0.3, 0.4) is 0 Å². The lowest BCUT2D eigenvalue weighted by molar-refractivity contribution is -0.141. The molecule has 1 aromatic carbocycles. The van der Waals surface area contributed by atoms with Crippen molar-refractivity contribution in [3.8, 4) is 0 Å². The van der Waals surface area contributed by atoms with Gasteiger partial charge in [-0.15, -0.1) is 0 Å². The van der Waals surface area contributed by atoms with E-state index in [4.69, 9.17) is 5.11 Å². The zero-order valence-electron chi connectivity index (χ0n) is 9.53. The van der Waals surface area contributed by atoms with Crippen LogP contribution in [0.15, 0.2) is 30.3 Å². The van der Waals surface area contributed by atoms with Crippen LogP contribution in [0.2, 0.25) is 0 Å². The van der Waals surface area contributed by atoms with Gasteiger partial charge in [0.15, 0.2) is 0 Å². The Morgan fingerprint density at radius 2 is 1.87 bits per heavy atom. The second-order valence-electron chi connectivity index (χ2n) is 4.69. The van der Waals surface area contributed by atoms with Crippen LogP contribution < -0.4 is 0 Å². The van der Waals surface area contributed by atoms with Gasteiger partial charge < -0.3 is 5.11 Å². The number of aliphatic carboxylic acids is 1. The highest BCUT2D eigenvalue weighted by molar-refractivity contribution is 5.69. The summed E-state index contributed by atoms with van der Waals surface area (Å²) in [5, 5.41) is 8.89. The maximum absolute atomic E-state index is 10.8. The van der Waals surface area contributed by atoms with Crippen molar-refractivity contribution in [1.82, 2.24) is 0 Å². The van der Waals surface area contributed by atoms with Gasteiger partial charge in [0, 0.05) is 0 Å². The molecule has 0 aliphatic heterocycles. The second-order valence-corrected chi connectivity index (χ2v) is 4.69. The van der Waals surface area contributed by atoms with Crippen molar-refractivity contribution in [3.63, 3.8) is 0 Å². The average Bonchev–Trinajstić information content (AvgIpc) is 2.18. The molecule has 2 nitrogen and oxygen atoms in total. The first-order valence-electron chi connectivity index (χ1n) is 5.22. The molecule has 0 aliphatic rings. The Morgan fingerprint density at radius 3 is 2.33 bits per heavy atom. The van der Waals surface area contributed by atoms with Gasteiger partial charge >= 0.3 is 5.97 Å². The molecule has 0 aliphatic carbocycles. The zero-order valence-corrected chi connectivity index (χ0v) is 9.53. The molecule has 1 rings (SSSR count). The third-order valence-electron chi connectivity index (χ3n) is 2.79. The van der Waals surface area contributed by atoms with Crippen LogP contribution >= 0.6 is 0 Å². The fraction of sp³-hybridized carbons (Fsp3) is 0.462. The molecule has 0 amide bonds. The minimum absolute atomic E-state index is 0.0843. The molecule has 1 atom stereocenters. The van der Waals surface area contributed by atoms with Crippen molar-refractivity contribution in [1.29, 1.82) is 0 Å². The van der Waals surface area contributed by atoms with Gasteiger partial charge in [0.25, 0.3) is 0 Å². The van der Waals surface area contributed by atoms with Crippen molar-refractivity contribution in [2.24, 2.45) is 5.92 Å². The first-order valence-corrected chi connectivity index (χ1v) is 5.22. The van der Waals surface area contributed by atoms with Gasteiger partial charge in [0.1, 0.15) is 0 Å². The van der Waals surface area contributed by atoms with Crippen molar-refractivity contribution in [2.75, 3.05) is 0 Å². The summed E-state index contributed by atoms with van der Waals surface area (Å²) >= 11 is 0. The smallest absolute Gasteiger partial charge is 0.306 e. The van der Waals surface area contributed by atoms with E-state index >= 15 is 0 Å². The fourth-order valence-electron chi connectivity index (χ4n) is 1.86. The summed E-state index contributed by atoms with van der Waals surface area (Å²) in [6, 6.07) is 10.0. The summed E-state index contributed by atoms with van der Waals surface area (Å²) in [4.78, 5) is 10.8. The molecule has 0 saturated carbocycles. The number of carbonyl (C=O) groups is 1. The molecular formula is C13H18O2. The van der Waals surface area contributed by atoms with Gasteiger partial charge in [-0.25, -0.2) is 0 Å². The molecule has 0 fully saturated rings. The van der Waals surface area contributed by atoms with Crippen LogP contribution in [0.25, 0.3) is 0 Å². The maximum Gasteiger partial charge on any atom is 0.306 e. The van der Waals surface area contributed by atoms with Crippen LogP contribution in [0.1, 0.15) is 32.8 Å². The minimum atomic E-state index is -0.723. The number of hydrogen-bond acceptors (Lipinski definition) is 1. The topological polar surface area (TPSA) is 37.3 Å². The summed E-state index contributed by atoms with van der Waals surface area (Å²) in [6.07, 6.45) is 0.659. The molecule has 0 spiro atoms. The van der Waals surface area contributed by atoms with E-state index in [2.05, 4.69) is 26.0 Å². The molecule has 0 unspecified atom stereocenters. The molecule has 82 valence electrons. The van der Waals surface area contributed by atoms with Crippen LogP contribution in [-0.2, 0) is 10.2 Å². The van der Waals surface area contributed by atoms with Gasteiger partial charge in [-0.3, -0.25) is 4.79 Å². The number of hydrogen-bond donors (Lipinski definition) is 1. The maximum atomic E-state index is 10.8. The Labute approximate surface area is 90.9 Å². The van der Waals surface area contributed by atoms with E-state index in [1.165, 1.54) is 5.56 Å². The minimum Gasteiger partial charge on any atom is -0.481 e. The Kier molecular flexibility index (Phi) is 3.51. The standard InChI is InChI=1S/C13H18O2/c1-10(12(14)15)9-13(2,3)11-7-5-4-6-8-11/h4-8,10H,9H2,1-3H3,(H,14,15)/t10-/m0/s1. The summed E-state index contributed by atoms with van der Waals surface area (Å²) in [5.74, 6) is -1.03. The SMILES string of the molecule is C[C@@H](CC(C)(C)c1ccccc1)C(=O)O. The van der Waals surface area contributed by atoms with Crippen LogP contribution in [0.4, 0.5) is 0 Å². The van der Waals surface area contributed by atoms with E-state index in [0.717, 1.165) is 0 Å². The molecule has 0 aromatic heterocycles. The average molecular weight is 206 g/mol. The molecule has 1 aromatic rings. The second kappa shape index (κ2) is 4.47. The first-order chi connectivity index (χ1) is 6.93. The van der Waals surface area contributed by atoms with Crippen molar-refractivity contribution in [3.05, 3.63) is 35.9 Å². The molecule has 0 saturated heterocycles. The fourth-order valence-corrected chi connectivity index (χ4v) is 1.86. The molecule has 0 radical (unpaired) electrons. The third kappa shape index (κ3) is 3.08. The highest BCUT2D eigenvalue weighted by Crippen LogP contribution is 2.30. The van der Waals surface area contributed by atoms with E-state index in [-0.39, 0.29) is 11.3 Å². The van der Waals surface area contributed by atoms with Crippen LogP contribution in [0, 0.1) is 5.92 Å². The number of carboxylic acids is 1.